The van der Waals surface area contributed by atoms with Crippen LogP contribution in [0.25, 0.3) is 0 Å². The molecular formula is C17H27N5O3. The minimum Gasteiger partial charge on any atom is -0.372 e. The number of carbonyl (C=O) groups excluding carboxylic acids is 2. The minimum atomic E-state index is 0.0284. The van der Waals surface area contributed by atoms with Gasteiger partial charge in [0.05, 0.1) is 0 Å². The van der Waals surface area contributed by atoms with E-state index in [-0.39, 0.29) is 24.3 Å². The van der Waals surface area contributed by atoms with E-state index >= 15 is 0 Å². The molecule has 0 aliphatic carbocycles. The van der Waals surface area contributed by atoms with Crippen molar-refractivity contribution in [1.29, 1.82) is 0 Å². The minimum absolute atomic E-state index is 0.0284. The number of nitrogens with zero attached hydrogens (tertiary/aromatic N) is 4. The van der Waals surface area contributed by atoms with Crippen LogP contribution in [0, 0.1) is 5.92 Å². The third kappa shape index (κ3) is 4.36. The Hall–Kier alpha value is -1.96. The Bertz CT molecular complexity index is 561. The molecule has 2 aliphatic heterocycles. The first kappa shape index (κ1) is 17.8. The molecule has 1 aromatic rings. The van der Waals surface area contributed by atoms with Gasteiger partial charge in [0.15, 0.2) is 0 Å². The van der Waals surface area contributed by atoms with Crippen molar-refractivity contribution in [2.45, 2.75) is 38.5 Å². The number of H-pyrrole nitrogens is 1. The zero-order chi connectivity index (χ0) is 17.6. The number of ether oxygens (including phenoxy) is 1. The summed E-state index contributed by atoms with van der Waals surface area (Å²) in [5.74, 6) is 1.60. The summed E-state index contributed by atoms with van der Waals surface area (Å²) in [4.78, 5) is 32.8. The van der Waals surface area contributed by atoms with Crippen molar-refractivity contribution >= 4 is 11.8 Å². The summed E-state index contributed by atoms with van der Waals surface area (Å²) in [7, 11) is 0. The van der Waals surface area contributed by atoms with Gasteiger partial charge in [-0.15, -0.1) is 0 Å². The van der Waals surface area contributed by atoms with Gasteiger partial charge in [-0.3, -0.25) is 14.7 Å². The molecule has 25 heavy (non-hydrogen) atoms. The Balaban J connectivity index is 1.43. The van der Waals surface area contributed by atoms with Crippen molar-refractivity contribution in [1.82, 2.24) is 25.0 Å². The van der Waals surface area contributed by atoms with Crippen LogP contribution in [0.4, 0.5) is 0 Å². The Labute approximate surface area is 147 Å². The van der Waals surface area contributed by atoms with E-state index in [2.05, 4.69) is 15.2 Å². The second kappa shape index (κ2) is 8.42. The lowest BCUT2D eigenvalue weighted by Crippen LogP contribution is -2.47. The molecule has 3 heterocycles. The van der Waals surface area contributed by atoms with E-state index in [1.165, 1.54) is 6.33 Å². The molecule has 138 valence electrons. The Morgan fingerprint density at radius 3 is 2.44 bits per heavy atom. The molecule has 0 unspecified atom stereocenters. The van der Waals surface area contributed by atoms with Crippen molar-refractivity contribution in [2.24, 2.45) is 5.92 Å². The Kier molecular flexibility index (Phi) is 6.01. The van der Waals surface area contributed by atoms with Crippen LogP contribution in [0.1, 0.15) is 44.3 Å². The van der Waals surface area contributed by atoms with Gasteiger partial charge in [0.25, 0.3) is 0 Å². The van der Waals surface area contributed by atoms with Crippen molar-refractivity contribution in [3.05, 3.63) is 12.2 Å². The van der Waals surface area contributed by atoms with Crippen LogP contribution in [0.2, 0.25) is 0 Å². The van der Waals surface area contributed by atoms with E-state index in [1.54, 1.807) is 0 Å². The van der Waals surface area contributed by atoms with Crippen LogP contribution in [-0.2, 0) is 14.3 Å². The fourth-order valence-corrected chi connectivity index (χ4v) is 3.70. The summed E-state index contributed by atoms with van der Waals surface area (Å²) in [6.07, 6.45) is 4.88. The molecule has 1 N–H and O–H groups in total. The summed E-state index contributed by atoms with van der Waals surface area (Å²) in [6.45, 7) is 5.41. The van der Waals surface area contributed by atoms with Gasteiger partial charge in [0, 0.05) is 44.6 Å². The van der Waals surface area contributed by atoms with Crippen molar-refractivity contribution in [2.75, 3.05) is 39.4 Å². The maximum absolute atomic E-state index is 12.8. The lowest BCUT2D eigenvalue weighted by Gasteiger charge is -2.37. The molecular weight excluding hydrogens is 322 g/mol. The average Bonchev–Trinajstić information content (AvgIpc) is 3.20. The number of rotatable bonds is 5. The van der Waals surface area contributed by atoms with Gasteiger partial charge in [0.1, 0.15) is 18.8 Å². The monoisotopic (exact) mass is 349 g/mol. The molecule has 2 fully saturated rings. The van der Waals surface area contributed by atoms with Crippen LogP contribution < -0.4 is 0 Å². The number of hydrogen-bond acceptors (Lipinski definition) is 5. The fourth-order valence-electron chi connectivity index (χ4n) is 3.70. The normalized spacial score (nSPS) is 20.0. The summed E-state index contributed by atoms with van der Waals surface area (Å²) in [6, 6.07) is 0. The number of aromatic amines is 1. The molecule has 0 saturated carbocycles. The molecule has 1 aromatic heterocycles. The van der Waals surface area contributed by atoms with E-state index < -0.39 is 0 Å². The maximum atomic E-state index is 12.8. The van der Waals surface area contributed by atoms with Gasteiger partial charge in [0.2, 0.25) is 11.8 Å². The topological polar surface area (TPSA) is 91.4 Å². The maximum Gasteiger partial charge on any atom is 0.248 e. The molecule has 0 bridgehead atoms. The molecule has 2 aliphatic rings. The Morgan fingerprint density at radius 2 is 1.84 bits per heavy atom. The van der Waals surface area contributed by atoms with E-state index in [4.69, 9.17) is 4.74 Å². The standard InChI is InChI=1S/C17H27N5O3/c1-2-25-11-15(23)21-7-5-14(6-8-21)17(24)22-9-3-13(4-10-22)16-18-12-19-20-16/h12-14H,2-11H2,1H3,(H,18,19,20). The first-order valence-corrected chi connectivity index (χ1v) is 9.18. The summed E-state index contributed by atoms with van der Waals surface area (Å²) in [5.41, 5.74) is 0. The predicted molar refractivity (Wildman–Crippen MR) is 90.7 cm³/mol. The van der Waals surface area contributed by atoms with E-state index in [0.717, 1.165) is 44.6 Å². The molecule has 0 atom stereocenters. The van der Waals surface area contributed by atoms with Crippen LogP contribution >= 0.6 is 0 Å². The predicted octanol–water partition coefficient (Wildman–Crippen LogP) is 0.786. The van der Waals surface area contributed by atoms with E-state index in [0.29, 0.717) is 25.6 Å². The van der Waals surface area contributed by atoms with Crippen LogP contribution in [0.3, 0.4) is 0 Å². The first-order chi connectivity index (χ1) is 12.2. The van der Waals surface area contributed by atoms with Crippen molar-refractivity contribution < 1.29 is 14.3 Å². The van der Waals surface area contributed by atoms with Gasteiger partial charge in [-0.05, 0) is 32.6 Å². The largest absolute Gasteiger partial charge is 0.372 e. The lowest BCUT2D eigenvalue weighted by atomic mass is 9.92. The molecule has 2 saturated heterocycles. The third-order valence-corrected chi connectivity index (χ3v) is 5.25. The third-order valence-electron chi connectivity index (χ3n) is 5.25. The number of nitrogens with one attached hydrogen (secondary N) is 1. The second-order valence-electron chi connectivity index (χ2n) is 6.76. The van der Waals surface area contributed by atoms with Gasteiger partial charge in [-0.2, -0.15) is 5.10 Å². The first-order valence-electron chi connectivity index (χ1n) is 9.18. The number of likely N-dealkylation sites (tertiary alicyclic amines) is 2. The average molecular weight is 349 g/mol. The number of aromatic nitrogens is 3. The smallest absolute Gasteiger partial charge is 0.248 e. The highest BCUT2D eigenvalue weighted by atomic mass is 16.5. The van der Waals surface area contributed by atoms with E-state index in [1.807, 2.05) is 16.7 Å². The summed E-state index contributed by atoms with van der Waals surface area (Å²) >= 11 is 0. The van der Waals surface area contributed by atoms with E-state index in [9.17, 15) is 9.59 Å². The van der Waals surface area contributed by atoms with Crippen molar-refractivity contribution in [3.8, 4) is 0 Å². The van der Waals surface area contributed by atoms with Crippen LogP contribution in [0.5, 0.6) is 0 Å². The zero-order valence-corrected chi connectivity index (χ0v) is 14.8. The Morgan fingerprint density at radius 1 is 1.16 bits per heavy atom. The molecule has 2 amide bonds. The molecule has 8 heteroatoms. The zero-order valence-electron chi connectivity index (χ0n) is 14.8. The molecule has 0 radical (unpaired) electrons. The van der Waals surface area contributed by atoms with Gasteiger partial charge >= 0.3 is 0 Å². The van der Waals surface area contributed by atoms with Gasteiger partial charge in [-0.1, -0.05) is 0 Å². The second-order valence-corrected chi connectivity index (χ2v) is 6.76. The molecule has 3 rings (SSSR count). The fraction of sp³-hybridized carbons (Fsp3) is 0.765. The molecule has 0 aromatic carbocycles. The van der Waals surface area contributed by atoms with Crippen LogP contribution in [0.15, 0.2) is 6.33 Å². The molecule has 8 nitrogen and oxygen atoms in total. The van der Waals surface area contributed by atoms with Crippen molar-refractivity contribution in [3.63, 3.8) is 0 Å². The SMILES string of the molecule is CCOCC(=O)N1CCC(C(=O)N2CCC(c3ncn[nH]3)CC2)CC1. The number of piperidine rings is 2. The number of amides is 2. The quantitative estimate of drug-likeness (QED) is 0.848. The lowest BCUT2D eigenvalue weighted by molar-refractivity contribution is -0.143. The summed E-state index contributed by atoms with van der Waals surface area (Å²) < 4.78 is 5.18. The molecule has 0 spiro atoms. The highest BCUT2D eigenvalue weighted by Gasteiger charge is 2.32. The summed E-state index contributed by atoms with van der Waals surface area (Å²) in [5, 5.41) is 6.84. The number of hydrogen-bond donors (Lipinski definition) is 1. The number of carbonyl (C=O) groups is 2. The van der Waals surface area contributed by atoms with Gasteiger partial charge in [-0.25, -0.2) is 4.98 Å². The highest BCUT2D eigenvalue weighted by molar-refractivity contribution is 5.80. The highest BCUT2D eigenvalue weighted by Crippen LogP contribution is 2.27. The van der Waals surface area contributed by atoms with Gasteiger partial charge < -0.3 is 14.5 Å². The van der Waals surface area contributed by atoms with Crippen LogP contribution in [-0.4, -0.2) is 76.2 Å².